The standard InChI is InChI=1S/C17H21F2NO5/c1-9-6-12(7-10(2)14(9)25-17(18)19)15(21)20-13(16(22)23)11-4-3-5-24-8-11/h6-7,11,13,17H,3-5,8H2,1-2H3,(H,20,21)(H,22,23). The summed E-state index contributed by atoms with van der Waals surface area (Å²) in [5.74, 6) is -2.00. The number of alkyl halides is 2. The molecule has 0 spiro atoms. The fourth-order valence-electron chi connectivity index (χ4n) is 2.99. The first-order valence-corrected chi connectivity index (χ1v) is 7.97. The molecule has 1 fully saturated rings. The predicted octanol–water partition coefficient (Wildman–Crippen LogP) is 2.51. The quantitative estimate of drug-likeness (QED) is 0.817. The zero-order valence-electron chi connectivity index (χ0n) is 14.1. The second-order valence-electron chi connectivity index (χ2n) is 6.08. The van der Waals surface area contributed by atoms with Crippen LogP contribution < -0.4 is 10.1 Å². The highest BCUT2D eigenvalue weighted by molar-refractivity contribution is 5.97. The van der Waals surface area contributed by atoms with Gasteiger partial charge in [0.2, 0.25) is 0 Å². The smallest absolute Gasteiger partial charge is 0.387 e. The number of carboxylic acid groups (broad SMARTS) is 1. The number of aryl methyl sites for hydroxylation is 2. The number of aliphatic carboxylic acids is 1. The Kier molecular flexibility index (Phi) is 6.30. The molecule has 8 heteroatoms. The van der Waals surface area contributed by atoms with Gasteiger partial charge in [0.05, 0.1) is 6.61 Å². The number of benzene rings is 1. The monoisotopic (exact) mass is 357 g/mol. The first kappa shape index (κ1) is 19.1. The van der Waals surface area contributed by atoms with E-state index in [1.54, 1.807) is 13.8 Å². The zero-order chi connectivity index (χ0) is 18.6. The molecule has 0 saturated carbocycles. The highest BCUT2D eigenvalue weighted by Crippen LogP contribution is 2.27. The van der Waals surface area contributed by atoms with Gasteiger partial charge in [-0.05, 0) is 49.9 Å². The predicted molar refractivity (Wildman–Crippen MR) is 85.0 cm³/mol. The van der Waals surface area contributed by atoms with Crippen molar-refractivity contribution in [1.29, 1.82) is 0 Å². The summed E-state index contributed by atoms with van der Waals surface area (Å²) in [6.07, 6.45) is 1.39. The molecule has 2 atom stereocenters. The van der Waals surface area contributed by atoms with Crippen LogP contribution in [0.5, 0.6) is 5.75 Å². The SMILES string of the molecule is Cc1cc(C(=O)NC(C(=O)O)C2CCCOC2)cc(C)c1OC(F)F. The van der Waals surface area contributed by atoms with Crippen LogP contribution in [0.15, 0.2) is 12.1 Å². The van der Waals surface area contributed by atoms with Crippen LogP contribution in [0.3, 0.4) is 0 Å². The number of rotatable bonds is 6. The Bertz CT molecular complexity index is 621. The van der Waals surface area contributed by atoms with Gasteiger partial charge in [-0.3, -0.25) is 4.79 Å². The lowest BCUT2D eigenvalue weighted by Crippen LogP contribution is -2.48. The van der Waals surface area contributed by atoms with Gasteiger partial charge in [-0.2, -0.15) is 8.78 Å². The van der Waals surface area contributed by atoms with Crippen LogP contribution in [0, 0.1) is 19.8 Å². The maximum absolute atomic E-state index is 12.4. The minimum Gasteiger partial charge on any atom is -0.480 e. The molecule has 1 aromatic rings. The first-order valence-electron chi connectivity index (χ1n) is 7.97. The van der Waals surface area contributed by atoms with Gasteiger partial charge >= 0.3 is 12.6 Å². The molecule has 0 aromatic heterocycles. The molecule has 0 aliphatic carbocycles. The van der Waals surface area contributed by atoms with Gasteiger partial charge in [0, 0.05) is 18.1 Å². The molecule has 1 aliphatic rings. The van der Waals surface area contributed by atoms with Crippen LogP contribution in [0.4, 0.5) is 8.78 Å². The summed E-state index contributed by atoms with van der Waals surface area (Å²) in [7, 11) is 0. The number of halogens is 2. The number of hydrogen-bond donors (Lipinski definition) is 2. The molecule has 2 N–H and O–H groups in total. The summed E-state index contributed by atoms with van der Waals surface area (Å²) in [4.78, 5) is 23.9. The lowest BCUT2D eigenvalue weighted by atomic mass is 9.93. The third-order valence-corrected chi connectivity index (χ3v) is 4.15. The van der Waals surface area contributed by atoms with Crippen LogP contribution in [0.1, 0.15) is 34.3 Å². The molecule has 0 bridgehead atoms. The van der Waals surface area contributed by atoms with E-state index in [-0.39, 0.29) is 23.8 Å². The average molecular weight is 357 g/mol. The van der Waals surface area contributed by atoms with E-state index >= 15 is 0 Å². The van der Waals surface area contributed by atoms with Crippen molar-refractivity contribution >= 4 is 11.9 Å². The Hall–Kier alpha value is -2.22. The van der Waals surface area contributed by atoms with E-state index in [9.17, 15) is 23.5 Å². The molecule has 138 valence electrons. The zero-order valence-corrected chi connectivity index (χ0v) is 14.1. The lowest BCUT2D eigenvalue weighted by Gasteiger charge is -2.28. The van der Waals surface area contributed by atoms with Crippen molar-refractivity contribution in [3.05, 3.63) is 28.8 Å². The fraction of sp³-hybridized carbons (Fsp3) is 0.529. The minimum absolute atomic E-state index is 0.0158. The third kappa shape index (κ3) is 4.88. The van der Waals surface area contributed by atoms with Crippen LogP contribution in [0.2, 0.25) is 0 Å². The van der Waals surface area contributed by atoms with E-state index in [0.717, 1.165) is 6.42 Å². The number of hydrogen-bond acceptors (Lipinski definition) is 4. The highest BCUT2D eigenvalue weighted by Gasteiger charge is 2.31. The molecule has 1 aromatic carbocycles. The van der Waals surface area contributed by atoms with E-state index in [0.29, 0.717) is 24.2 Å². The Morgan fingerprint density at radius 3 is 2.44 bits per heavy atom. The molecule has 2 rings (SSSR count). The topological polar surface area (TPSA) is 84.9 Å². The van der Waals surface area contributed by atoms with Gasteiger partial charge in [-0.1, -0.05) is 0 Å². The van der Waals surface area contributed by atoms with E-state index < -0.39 is 24.5 Å². The van der Waals surface area contributed by atoms with Crippen molar-refractivity contribution in [3.63, 3.8) is 0 Å². The van der Waals surface area contributed by atoms with Crippen LogP contribution >= 0.6 is 0 Å². The van der Waals surface area contributed by atoms with Crippen molar-refractivity contribution in [3.8, 4) is 5.75 Å². The van der Waals surface area contributed by atoms with Crippen LogP contribution in [-0.2, 0) is 9.53 Å². The normalized spacial score (nSPS) is 18.7. The summed E-state index contributed by atoms with van der Waals surface area (Å²) in [6.45, 7) is 0.993. The molecule has 2 unspecified atom stereocenters. The summed E-state index contributed by atoms with van der Waals surface area (Å²) < 4.78 is 34.6. The second-order valence-corrected chi connectivity index (χ2v) is 6.08. The summed E-state index contributed by atoms with van der Waals surface area (Å²) in [5, 5.41) is 11.9. The fourth-order valence-corrected chi connectivity index (χ4v) is 2.99. The number of amides is 1. The molecule has 6 nitrogen and oxygen atoms in total. The van der Waals surface area contributed by atoms with Gasteiger partial charge in [0.15, 0.2) is 0 Å². The van der Waals surface area contributed by atoms with Gasteiger partial charge in [0.25, 0.3) is 5.91 Å². The van der Waals surface area contributed by atoms with Crippen molar-refractivity contribution in [1.82, 2.24) is 5.32 Å². The second kappa shape index (κ2) is 8.24. The Balaban J connectivity index is 2.17. The molecular weight excluding hydrogens is 336 g/mol. The molecule has 0 radical (unpaired) electrons. The van der Waals surface area contributed by atoms with E-state index in [2.05, 4.69) is 10.1 Å². The van der Waals surface area contributed by atoms with Crippen LogP contribution in [0.25, 0.3) is 0 Å². The first-order chi connectivity index (χ1) is 11.8. The number of ether oxygens (including phenoxy) is 2. The molecule has 25 heavy (non-hydrogen) atoms. The maximum atomic E-state index is 12.4. The average Bonchev–Trinajstić information content (AvgIpc) is 2.55. The molecule has 1 amide bonds. The molecule has 1 saturated heterocycles. The Morgan fingerprint density at radius 2 is 1.96 bits per heavy atom. The van der Waals surface area contributed by atoms with E-state index in [1.807, 2.05) is 0 Å². The van der Waals surface area contributed by atoms with Crippen LogP contribution in [-0.4, -0.2) is 42.9 Å². The summed E-state index contributed by atoms with van der Waals surface area (Å²) >= 11 is 0. The number of nitrogens with one attached hydrogen (secondary N) is 1. The van der Waals surface area contributed by atoms with Crippen molar-refractivity contribution < 1.29 is 33.0 Å². The Morgan fingerprint density at radius 1 is 1.32 bits per heavy atom. The van der Waals surface area contributed by atoms with Gasteiger partial charge in [-0.25, -0.2) is 4.79 Å². The van der Waals surface area contributed by atoms with Gasteiger partial charge < -0.3 is 19.9 Å². The number of carbonyl (C=O) groups excluding carboxylic acids is 1. The molecule has 1 aliphatic heterocycles. The largest absolute Gasteiger partial charge is 0.480 e. The lowest BCUT2D eigenvalue weighted by molar-refractivity contribution is -0.142. The van der Waals surface area contributed by atoms with Crippen molar-refractivity contribution in [2.24, 2.45) is 5.92 Å². The van der Waals surface area contributed by atoms with E-state index in [1.165, 1.54) is 12.1 Å². The minimum atomic E-state index is -2.96. The Labute approximate surface area is 144 Å². The summed E-state index contributed by atoms with van der Waals surface area (Å²) in [6, 6.07) is 1.73. The number of carbonyl (C=O) groups is 2. The van der Waals surface area contributed by atoms with Crippen molar-refractivity contribution in [2.45, 2.75) is 39.3 Å². The maximum Gasteiger partial charge on any atom is 0.387 e. The third-order valence-electron chi connectivity index (χ3n) is 4.15. The highest BCUT2D eigenvalue weighted by atomic mass is 19.3. The summed E-state index contributed by atoms with van der Waals surface area (Å²) in [5.41, 5.74) is 0.941. The van der Waals surface area contributed by atoms with Gasteiger partial charge in [0.1, 0.15) is 11.8 Å². The number of carboxylic acids is 1. The van der Waals surface area contributed by atoms with E-state index in [4.69, 9.17) is 4.74 Å². The van der Waals surface area contributed by atoms with Crippen molar-refractivity contribution in [2.75, 3.05) is 13.2 Å². The molecular formula is C17H21F2NO5. The van der Waals surface area contributed by atoms with Gasteiger partial charge in [-0.15, -0.1) is 0 Å². The molecule has 1 heterocycles.